The van der Waals surface area contributed by atoms with Crippen LogP contribution in [0.15, 0.2) is 18.2 Å². The lowest BCUT2D eigenvalue weighted by atomic mass is 9.66. The maximum atomic E-state index is 13.3. The van der Waals surface area contributed by atoms with Crippen molar-refractivity contribution in [1.82, 2.24) is 5.32 Å². The van der Waals surface area contributed by atoms with Gasteiger partial charge in [0.1, 0.15) is 0 Å². The van der Waals surface area contributed by atoms with Crippen LogP contribution in [0, 0.1) is 23.2 Å². The number of fused-ring (bicyclic) bond motifs is 5. The number of amides is 3. The fourth-order valence-corrected chi connectivity index (χ4v) is 5.16. The van der Waals surface area contributed by atoms with Gasteiger partial charge < -0.3 is 15.2 Å². The minimum absolute atomic E-state index is 0.144. The molecule has 3 aliphatic heterocycles. The first kappa shape index (κ1) is 20.2. The van der Waals surface area contributed by atoms with Crippen molar-refractivity contribution in [2.45, 2.75) is 43.7 Å². The van der Waals surface area contributed by atoms with E-state index in [9.17, 15) is 27.6 Å². The van der Waals surface area contributed by atoms with Crippen LogP contribution in [0.2, 0.25) is 0 Å². The quantitative estimate of drug-likeness (QED) is 0.705. The summed E-state index contributed by atoms with van der Waals surface area (Å²) in [6, 6.07) is 3.33. The topological polar surface area (TPSA) is 120 Å². The Bertz CT molecular complexity index is 1040. The summed E-state index contributed by atoms with van der Waals surface area (Å²) in [6.07, 6.45) is -6.02. The van der Waals surface area contributed by atoms with Crippen LogP contribution in [-0.4, -0.2) is 40.3 Å². The standard InChI is InChI=1S/C19H16F3N3O5/c1-17-6-11(24-16(28)29)18(2,30-17)13-12(17)14(26)25(15(13)27)9-4-3-8(7-23)10(5-9)19(20,21)22/h3-5,11-13,24H,6H2,1-2H3,(H,28,29)/t11-,12-,13+,17-,18+/m0/s1. The highest BCUT2D eigenvalue weighted by molar-refractivity contribution is 6.23. The van der Waals surface area contributed by atoms with E-state index >= 15 is 0 Å². The van der Waals surface area contributed by atoms with E-state index in [1.807, 2.05) is 0 Å². The maximum Gasteiger partial charge on any atom is 0.417 e. The molecule has 5 atom stereocenters. The highest BCUT2D eigenvalue weighted by atomic mass is 19.4. The van der Waals surface area contributed by atoms with E-state index in [1.165, 1.54) is 13.0 Å². The second-order valence-electron chi connectivity index (χ2n) is 8.11. The second-order valence-corrected chi connectivity index (χ2v) is 8.11. The molecule has 4 rings (SSSR count). The van der Waals surface area contributed by atoms with E-state index in [4.69, 9.17) is 15.1 Å². The molecule has 2 bridgehead atoms. The van der Waals surface area contributed by atoms with Crippen LogP contribution in [0.25, 0.3) is 0 Å². The van der Waals surface area contributed by atoms with Crippen LogP contribution in [0.1, 0.15) is 31.4 Å². The third kappa shape index (κ3) is 2.53. The smallest absolute Gasteiger partial charge is 0.417 e. The Balaban J connectivity index is 1.77. The highest BCUT2D eigenvalue weighted by Gasteiger charge is 2.76. The lowest BCUT2D eigenvalue weighted by molar-refractivity contribution is -0.138. The zero-order valence-corrected chi connectivity index (χ0v) is 15.8. The molecule has 2 N–H and O–H groups in total. The number of hydrogen-bond donors (Lipinski definition) is 2. The van der Waals surface area contributed by atoms with Gasteiger partial charge in [0.05, 0.1) is 52.0 Å². The van der Waals surface area contributed by atoms with E-state index in [-0.39, 0.29) is 12.1 Å². The van der Waals surface area contributed by atoms with Gasteiger partial charge in [-0.25, -0.2) is 9.69 Å². The van der Waals surface area contributed by atoms with Crippen molar-refractivity contribution in [2.24, 2.45) is 11.8 Å². The Kier molecular flexibility index (Phi) is 4.00. The van der Waals surface area contributed by atoms with Gasteiger partial charge in [-0.05, 0) is 32.0 Å². The fraction of sp³-hybridized carbons (Fsp3) is 0.474. The SMILES string of the molecule is C[C@@]12O[C@@](C)(C[C@@H]1NC(=O)O)[C@@H]1C(=O)N(c3ccc(C#N)c(C(F)(F)F)c3)C(=O)[C@@H]12. The number of nitrogens with zero attached hydrogens (tertiary/aromatic N) is 2. The number of anilines is 1. The van der Waals surface area contributed by atoms with Crippen molar-refractivity contribution in [3.8, 4) is 6.07 Å². The number of rotatable bonds is 2. The average Bonchev–Trinajstić information content (AvgIpc) is 3.14. The number of carboxylic acid groups (broad SMARTS) is 1. The zero-order valence-electron chi connectivity index (χ0n) is 15.8. The van der Waals surface area contributed by atoms with E-state index in [0.29, 0.717) is 11.0 Å². The van der Waals surface area contributed by atoms with Gasteiger partial charge in [0, 0.05) is 6.42 Å². The lowest BCUT2D eigenvalue weighted by Crippen LogP contribution is -2.56. The fourth-order valence-electron chi connectivity index (χ4n) is 5.16. The van der Waals surface area contributed by atoms with Crippen molar-refractivity contribution in [2.75, 3.05) is 4.90 Å². The molecular formula is C19H16F3N3O5. The second kappa shape index (κ2) is 5.95. The molecule has 3 aliphatic rings. The first-order chi connectivity index (χ1) is 13.8. The van der Waals surface area contributed by atoms with Crippen LogP contribution in [0.4, 0.5) is 23.7 Å². The number of carbonyl (C=O) groups excluding carboxylic acids is 2. The number of alkyl halides is 3. The van der Waals surface area contributed by atoms with Crippen molar-refractivity contribution in [1.29, 1.82) is 5.26 Å². The van der Waals surface area contributed by atoms with Gasteiger partial charge in [0.25, 0.3) is 0 Å². The van der Waals surface area contributed by atoms with E-state index in [1.54, 1.807) is 6.92 Å². The number of ether oxygens (including phenoxy) is 1. The zero-order chi connectivity index (χ0) is 22.2. The van der Waals surface area contributed by atoms with Gasteiger partial charge in [-0.2, -0.15) is 18.4 Å². The molecule has 0 saturated carbocycles. The van der Waals surface area contributed by atoms with Gasteiger partial charge >= 0.3 is 12.3 Å². The molecule has 3 saturated heterocycles. The number of benzene rings is 1. The Morgan fingerprint density at radius 2 is 1.93 bits per heavy atom. The van der Waals surface area contributed by atoms with Crippen LogP contribution in [-0.2, 0) is 20.5 Å². The predicted molar refractivity (Wildman–Crippen MR) is 93.1 cm³/mol. The molecular weight excluding hydrogens is 407 g/mol. The van der Waals surface area contributed by atoms with Gasteiger partial charge in [0.2, 0.25) is 11.8 Å². The third-order valence-corrected chi connectivity index (χ3v) is 6.32. The highest BCUT2D eigenvalue weighted by Crippen LogP contribution is 2.61. The Labute approximate surface area is 168 Å². The molecule has 3 amide bonds. The Hall–Kier alpha value is -3.13. The number of nitriles is 1. The molecule has 0 radical (unpaired) electrons. The normalized spacial score (nSPS) is 34.8. The van der Waals surface area contributed by atoms with Crippen molar-refractivity contribution >= 4 is 23.6 Å². The number of hydrogen-bond acceptors (Lipinski definition) is 5. The molecule has 3 heterocycles. The van der Waals surface area contributed by atoms with Crippen LogP contribution in [0.3, 0.4) is 0 Å². The molecule has 0 unspecified atom stereocenters. The first-order valence-corrected chi connectivity index (χ1v) is 9.02. The summed E-state index contributed by atoms with van der Waals surface area (Å²) in [4.78, 5) is 38.1. The first-order valence-electron chi connectivity index (χ1n) is 9.02. The molecule has 0 spiro atoms. The molecule has 158 valence electrons. The van der Waals surface area contributed by atoms with E-state index < -0.39 is 64.3 Å². The average molecular weight is 423 g/mol. The predicted octanol–water partition coefficient (Wildman–Crippen LogP) is 2.27. The van der Waals surface area contributed by atoms with Crippen molar-refractivity contribution in [3.05, 3.63) is 29.3 Å². The summed E-state index contributed by atoms with van der Waals surface area (Å²) < 4.78 is 45.9. The van der Waals surface area contributed by atoms with Gasteiger partial charge in [-0.15, -0.1) is 0 Å². The van der Waals surface area contributed by atoms with Gasteiger partial charge in [-0.1, -0.05) is 0 Å². The summed E-state index contributed by atoms with van der Waals surface area (Å²) >= 11 is 0. The summed E-state index contributed by atoms with van der Waals surface area (Å²) in [5.74, 6) is -3.47. The molecule has 30 heavy (non-hydrogen) atoms. The number of halogens is 3. The Morgan fingerprint density at radius 3 is 2.50 bits per heavy atom. The number of imide groups is 1. The summed E-state index contributed by atoms with van der Waals surface area (Å²) in [6.45, 7) is 3.12. The minimum Gasteiger partial charge on any atom is -0.465 e. The largest absolute Gasteiger partial charge is 0.465 e. The molecule has 1 aromatic carbocycles. The van der Waals surface area contributed by atoms with E-state index in [0.717, 1.165) is 12.1 Å². The maximum absolute atomic E-state index is 13.3. The molecule has 0 aliphatic carbocycles. The monoisotopic (exact) mass is 423 g/mol. The molecule has 0 aromatic heterocycles. The molecule has 8 nitrogen and oxygen atoms in total. The minimum atomic E-state index is -4.85. The molecule has 11 heteroatoms. The van der Waals surface area contributed by atoms with Crippen molar-refractivity contribution in [3.63, 3.8) is 0 Å². The third-order valence-electron chi connectivity index (χ3n) is 6.32. The van der Waals surface area contributed by atoms with Gasteiger partial charge in [-0.3, -0.25) is 9.59 Å². The lowest BCUT2D eigenvalue weighted by Gasteiger charge is -2.35. The van der Waals surface area contributed by atoms with Crippen molar-refractivity contribution < 1.29 is 37.4 Å². The molecule has 1 aromatic rings. The summed E-state index contributed by atoms with van der Waals surface area (Å²) in [5, 5.41) is 20.3. The number of carbonyl (C=O) groups is 3. The van der Waals surface area contributed by atoms with E-state index in [2.05, 4.69) is 5.32 Å². The Morgan fingerprint density at radius 1 is 1.30 bits per heavy atom. The van der Waals surface area contributed by atoms with Crippen LogP contribution >= 0.6 is 0 Å². The number of nitrogens with one attached hydrogen (secondary N) is 1. The summed E-state index contributed by atoms with van der Waals surface area (Å²) in [7, 11) is 0. The molecule has 3 fully saturated rings. The van der Waals surface area contributed by atoms with Gasteiger partial charge in [0.15, 0.2) is 0 Å². The summed E-state index contributed by atoms with van der Waals surface area (Å²) in [5.41, 5.74) is -4.63. The van der Waals surface area contributed by atoms with Crippen LogP contribution in [0.5, 0.6) is 0 Å². The van der Waals surface area contributed by atoms with Crippen LogP contribution < -0.4 is 10.2 Å².